The molecule has 2 aromatic carbocycles. The lowest BCUT2D eigenvalue weighted by molar-refractivity contribution is -0.157. The second-order valence-electron chi connectivity index (χ2n) is 8.91. The predicted octanol–water partition coefficient (Wildman–Crippen LogP) is 6.10. The normalized spacial score (nSPS) is 13.4. The third-order valence-corrected chi connectivity index (χ3v) is 5.07. The maximum absolute atomic E-state index is 14.4. The molecule has 0 unspecified atom stereocenters. The largest absolute Gasteiger partial charge is 0.461 e. The topological polar surface area (TPSA) is 64.6 Å². The average Bonchev–Trinajstić information content (AvgIpc) is 2.67. The second-order valence-corrected chi connectivity index (χ2v) is 9.77. The number of ether oxygens (including phenoxy) is 2. The number of benzene rings is 2. The lowest BCUT2D eigenvalue weighted by Gasteiger charge is -2.38. The Morgan fingerprint density at radius 1 is 1.10 bits per heavy atom. The zero-order valence-corrected chi connectivity index (χ0v) is 20.1. The SMILES string of the molecule is CC(C)OC(=O)[C@](CC(C)(C)C)(NC(=O)OCc1ccccc1)c1ccc(Br)c(F)c1. The van der Waals surface area contributed by atoms with E-state index in [1.807, 2.05) is 51.1 Å². The van der Waals surface area contributed by atoms with E-state index in [9.17, 15) is 14.0 Å². The summed E-state index contributed by atoms with van der Waals surface area (Å²) in [6.45, 7) is 9.25. The standard InChI is InChI=1S/C24H29BrFNO4/c1-16(2)31-21(28)24(15-23(3,4)5,18-11-12-19(25)20(26)13-18)27-22(29)30-14-17-9-7-6-8-10-17/h6-13,16H,14-15H2,1-5H3,(H,27,29)/t24-/m1/s1. The van der Waals surface area contributed by atoms with Crippen molar-refractivity contribution in [3.8, 4) is 0 Å². The second kappa shape index (κ2) is 10.3. The Hall–Kier alpha value is -2.41. The molecule has 2 aromatic rings. The molecule has 0 aliphatic heterocycles. The average molecular weight is 494 g/mol. The van der Waals surface area contributed by atoms with E-state index < -0.39 is 34.9 Å². The predicted molar refractivity (Wildman–Crippen MR) is 121 cm³/mol. The summed E-state index contributed by atoms with van der Waals surface area (Å²) in [4.78, 5) is 26.1. The summed E-state index contributed by atoms with van der Waals surface area (Å²) in [5, 5.41) is 2.71. The number of carbonyl (C=O) groups excluding carboxylic acids is 2. The third kappa shape index (κ3) is 7.06. The first-order valence-corrected chi connectivity index (χ1v) is 10.9. The van der Waals surface area contributed by atoms with E-state index in [4.69, 9.17) is 9.47 Å². The Labute approximate surface area is 191 Å². The summed E-state index contributed by atoms with van der Waals surface area (Å²) in [5.74, 6) is -1.22. The quantitative estimate of drug-likeness (QED) is 0.473. The van der Waals surface area contributed by atoms with Crippen molar-refractivity contribution < 1.29 is 23.5 Å². The van der Waals surface area contributed by atoms with Gasteiger partial charge >= 0.3 is 12.1 Å². The first-order chi connectivity index (χ1) is 14.4. The highest BCUT2D eigenvalue weighted by Crippen LogP contribution is 2.37. The first-order valence-electron chi connectivity index (χ1n) is 10.1. The van der Waals surface area contributed by atoms with Crippen LogP contribution >= 0.6 is 15.9 Å². The number of nitrogens with one attached hydrogen (secondary N) is 1. The molecule has 1 atom stereocenters. The molecule has 0 aliphatic rings. The van der Waals surface area contributed by atoms with Gasteiger partial charge in [-0.15, -0.1) is 0 Å². The maximum atomic E-state index is 14.4. The minimum atomic E-state index is -1.63. The molecule has 0 spiro atoms. The maximum Gasteiger partial charge on any atom is 0.408 e. The third-order valence-electron chi connectivity index (χ3n) is 4.43. The molecule has 0 aromatic heterocycles. The summed E-state index contributed by atoms with van der Waals surface area (Å²) in [6, 6.07) is 13.5. The van der Waals surface area contributed by atoms with Gasteiger partial charge in [0, 0.05) is 0 Å². The van der Waals surface area contributed by atoms with Gasteiger partial charge in [-0.25, -0.2) is 14.0 Å². The van der Waals surface area contributed by atoms with Gasteiger partial charge in [-0.05, 0) is 64.9 Å². The lowest BCUT2D eigenvalue weighted by Crippen LogP contribution is -2.55. The van der Waals surface area contributed by atoms with Crippen LogP contribution in [0.15, 0.2) is 53.0 Å². The van der Waals surface area contributed by atoms with Crippen molar-refractivity contribution in [2.75, 3.05) is 0 Å². The molecule has 5 nitrogen and oxygen atoms in total. The van der Waals surface area contributed by atoms with E-state index in [1.54, 1.807) is 19.9 Å². The van der Waals surface area contributed by atoms with Gasteiger partial charge in [-0.2, -0.15) is 0 Å². The molecule has 0 fully saturated rings. The molecule has 0 aliphatic carbocycles. The van der Waals surface area contributed by atoms with E-state index in [0.29, 0.717) is 0 Å². The molecule has 1 amide bonds. The number of carbonyl (C=O) groups is 2. The van der Waals surface area contributed by atoms with Gasteiger partial charge in [0.25, 0.3) is 0 Å². The van der Waals surface area contributed by atoms with Crippen LogP contribution in [0.2, 0.25) is 0 Å². The number of halogens is 2. The molecular formula is C24H29BrFNO4. The van der Waals surface area contributed by atoms with Gasteiger partial charge in [-0.3, -0.25) is 0 Å². The van der Waals surface area contributed by atoms with Gasteiger partial charge in [0.2, 0.25) is 0 Å². The number of rotatable bonds is 7. The number of hydrogen-bond acceptors (Lipinski definition) is 4. The van der Waals surface area contributed by atoms with Crippen LogP contribution in [0.25, 0.3) is 0 Å². The fourth-order valence-corrected chi connectivity index (χ4v) is 3.51. The van der Waals surface area contributed by atoms with Crippen LogP contribution in [-0.4, -0.2) is 18.2 Å². The monoisotopic (exact) mass is 493 g/mol. The fourth-order valence-electron chi connectivity index (χ4n) is 3.26. The molecule has 7 heteroatoms. The molecule has 168 valence electrons. The number of amides is 1. The highest BCUT2D eigenvalue weighted by Gasteiger charge is 2.47. The zero-order valence-electron chi connectivity index (χ0n) is 18.5. The van der Waals surface area contributed by atoms with Crippen LogP contribution in [0.5, 0.6) is 0 Å². The van der Waals surface area contributed by atoms with Crippen molar-refractivity contribution in [1.82, 2.24) is 5.32 Å². The van der Waals surface area contributed by atoms with Crippen molar-refractivity contribution >= 4 is 28.0 Å². The summed E-state index contributed by atoms with van der Waals surface area (Å²) in [7, 11) is 0. The van der Waals surface area contributed by atoms with Crippen LogP contribution in [0.1, 0.15) is 52.2 Å². The van der Waals surface area contributed by atoms with Crippen LogP contribution in [0.3, 0.4) is 0 Å². The van der Waals surface area contributed by atoms with Crippen molar-refractivity contribution in [3.63, 3.8) is 0 Å². The van der Waals surface area contributed by atoms with E-state index in [1.165, 1.54) is 12.1 Å². The smallest absolute Gasteiger partial charge is 0.408 e. The molecule has 31 heavy (non-hydrogen) atoms. The minimum Gasteiger partial charge on any atom is -0.461 e. The van der Waals surface area contributed by atoms with Gasteiger partial charge in [0.05, 0.1) is 10.6 Å². The van der Waals surface area contributed by atoms with Crippen LogP contribution < -0.4 is 5.32 Å². The van der Waals surface area contributed by atoms with Crippen molar-refractivity contribution in [2.24, 2.45) is 5.41 Å². The van der Waals surface area contributed by atoms with Crippen molar-refractivity contribution in [3.05, 3.63) is 69.9 Å². The van der Waals surface area contributed by atoms with E-state index in [0.717, 1.165) is 5.56 Å². The van der Waals surface area contributed by atoms with E-state index >= 15 is 0 Å². The summed E-state index contributed by atoms with van der Waals surface area (Å²) < 4.78 is 25.6. The van der Waals surface area contributed by atoms with E-state index in [-0.39, 0.29) is 23.1 Å². The molecule has 2 rings (SSSR count). The van der Waals surface area contributed by atoms with Gasteiger partial charge in [-0.1, -0.05) is 57.2 Å². The zero-order chi connectivity index (χ0) is 23.2. The highest BCUT2D eigenvalue weighted by atomic mass is 79.9. The summed E-state index contributed by atoms with van der Waals surface area (Å²) in [6.07, 6.45) is -1.04. The number of hydrogen-bond donors (Lipinski definition) is 1. The molecule has 0 radical (unpaired) electrons. The molecule has 0 heterocycles. The van der Waals surface area contributed by atoms with E-state index in [2.05, 4.69) is 21.2 Å². The van der Waals surface area contributed by atoms with Gasteiger partial charge in [0.1, 0.15) is 12.4 Å². The number of alkyl carbamates (subject to hydrolysis) is 1. The Morgan fingerprint density at radius 2 is 1.74 bits per heavy atom. The Bertz CT molecular complexity index is 912. The van der Waals surface area contributed by atoms with Crippen LogP contribution in [0, 0.1) is 11.2 Å². The minimum absolute atomic E-state index is 0.0339. The van der Waals surface area contributed by atoms with Crippen molar-refractivity contribution in [2.45, 2.75) is 59.3 Å². The lowest BCUT2D eigenvalue weighted by atomic mass is 9.75. The highest BCUT2D eigenvalue weighted by molar-refractivity contribution is 9.10. The summed E-state index contributed by atoms with van der Waals surface area (Å²) >= 11 is 3.13. The molecule has 1 N–H and O–H groups in total. The number of esters is 1. The van der Waals surface area contributed by atoms with Gasteiger partial charge in [0.15, 0.2) is 5.54 Å². The Morgan fingerprint density at radius 3 is 2.29 bits per heavy atom. The fraction of sp³-hybridized carbons (Fsp3) is 0.417. The van der Waals surface area contributed by atoms with Crippen LogP contribution in [0.4, 0.5) is 9.18 Å². The summed E-state index contributed by atoms with van der Waals surface area (Å²) in [5.41, 5.74) is -0.951. The van der Waals surface area contributed by atoms with Crippen LogP contribution in [-0.2, 0) is 26.4 Å². The Balaban J connectivity index is 2.45. The molecule has 0 bridgehead atoms. The molecular weight excluding hydrogens is 465 g/mol. The van der Waals surface area contributed by atoms with Crippen molar-refractivity contribution in [1.29, 1.82) is 0 Å². The van der Waals surface area contributed by atoms with Gasteiger partial charge < -0.3 is 14.8 Å². The Kier molecular flexibility index (Phi) is 8.23. The molecule has 0 saturated carbocycles. The molecule has 0 saturated heterocycles. The first kappa shape index (κ1) is 24.9.